The molecule has 0 fully saturated rings. The molecule has 1 amide bonds. The summed E-state index contributed by atoms with van der Waals surface area (Å²) in [5, 5.41) is 2.70. The van der Waals surface area contributed by atoms with Crippen molar-refractivity contribution in [2.45, 2.75) is 37.6 Å². The molecule has 7 heteroatoms. The van der Waals surface area contributed by atoms with Crippen LogP contribution in [0.1, 0.15) is 26.7 Å². The molecule has 0 heterocycles. The van der Waals surface area contributed by atoms with Gasteiger partial charge in [-0.1, -0.05) is 13.8 Å². The quantitative estimate of drug-likeness (QED) is 0.740. The molecule has 0 saturated heterocycles. The lowest BCUT2D eigenvalue weighted by atomic mass is 10.2. The minimum atomic E-state index is -3.80. The summed E-state index contributed by atoms with van der Waals surface area (Å²) in [6, 6.07) is 4.33. The van der Waals surface area contributed by atoms with Crippen molar-refractivity contribution in [3.05, 3.63) is 18.2 Å². The van der Waals surface area contributed by atoms with Crippen LogP contribution in [0.25, 0.3) is 0 Å². The van der Waals surface area contributed by atoms with Gasteiger partial charge in [0.2, 0.25) is 5.91 Å². The van der Waals surface area contributed by atoms with E-state index in [1.807, 2.05) is 13.8 Å². The second kappa shape index (κ2) is 7.31. The van der Waals surface area contributed by atoms with E-state index in [0.717, 1.165) is 12.8 Å². The number of hydrogen-bond acceptors (Lipinski definition) is 5. The van der Waals surface area contributed by atoms with Crippen molar-refractivity contribution in [3.8, 4) is 5.75 Å². The molecule has 118 valence electrons. The fraction of sp³-hybridized carbons (Fsp3) is 0.500. The summed E-state index contributed by atoms with van der Waals surface area (Å²) in [7, 11) is -2.37. The molecule has 3 N–H and O–H groups in total. The smallest absolute Gasteiger partial charge is 0.235 e. The first kappa shape index (κ1) is 17.3. The van der Waals surface area contributed by atoms with Crippen LogP contribution in [-0.4, -0.2) is 33.2 Å². The van der Waals surface area contributed by atoms with Crippen molar-refractivity contribution < 1.29 is 17.9 Å². The predicted octanol–water partition coefficient (Wildman–Crippen LogP) is 1.36. The molecule has 0 bridgehead atoms. The maximum absolute atomic E-state index is 12.3. The lowest BCUT2D eigenvalue weighted by Gasteiger charge is -2.15. The van der Waals surface area contributed by atoms with Gasteiger partial charge >= 0.3 is 0 Å². The summed E-state index contributed by atoms with van der Waals surface area (Å²) in [6.07, 6.45) is 1.51. The molecule has 1 rings (SSSR count). The Balaban J connectivity index is 2.94. The third-order valence-corrected chi connectivity index (χ3v) is 4.89. The van der Waals surface area contributed by atoms with E-state index in [1.54, 1.807) is 6.07 Å². The fourth-order valence-corrected chi connectivity index (χ4v) is 3.23. The van der Waals surface area contributed by atoms with Gasteiger partial charge < -0.3 is 15.8 Å². The van der Waals surface area contributed by atoms with Crippen molar-refractivity contribution in [1.82, 2.24) is 5.32 Å². The Hall–Kier alpha value is -1.76. The van der Waals surface area contributed by atoms with E-state index in [0.29, 0.717) is 5.75 Å². The summed E-state index contributed by atoms with van der Waals surface area (Å²) in [5.41, 5.74) is 5.80. The third kappa shape index (κ3) is 4.63. The number of nitrogen functional groups attached to an aromatic ring is 1. The highest BCUT2D eigenvalue weighted by Gasteiger charge is 2.23. The number of methoxy groups -OCH3 is 1. The van der Waals surface area contributed by atoms with E-state index in [4.69, 9.17) is 10.5 Å². The number of sulfone groups is 1. The van der Waals surface area contributed by atoms with E-state index in [1.165, 1.54) is 19.2 Å². The molecule has 1 aromatic rings. The van der Waals surface area contributed by atoms with Crippen molar-refractivity contribution in [2.75, 3.05) is 18.6 Å². The summed E-state index contributed by atoms with van der Waals surface area (Å²) in [5.74, 6) is -0.768. The van der Waals surface area contributed by atoms with Crippen molar-refractivity contribution in [3.63, 3.8) is 0 Å². The van der Waals surface area contributed by atoms with Gasteiger partial charge in [0.15, 0.2) is 9.84 Å². The van der Waals surface area contributed by atoms with E-state index < -0.39 is 21.5 Å². The van der Waals surface area contributed by atoms with Crippen molar-refractivity contribution in [2.24, 2.45) is 0 Å². The lowest BCUT2D eigenvalue weighted by molar-refractivity contribution is -0.119. The highest BCUT2D eigenvalue weighted by atomic mass is 32.2. The Bertz CT molecular complexity index is 595. The van der Waals surface area contributed by atoms with Gasteiger partial charge in [-0.15, -0.1) is 0 Å². The zero-order valence-electron chi connectivity index (χ0n) is 12.5. The molecule has 21 heavy (non-hydrogen) atoms. The number of hydrogen-bond donors (Lipinski definition) is 2. The average molecular weight is 314 g/mol. The molecule has 0 aliphatic rings. The summed E-state index contributed by atoms with van der Waals surface area (Å²) >= 11 is 0. The van der Waals surface area contributed by atoms with Gasteiger partial charge in [-0.25, -0.2) is 8.42 Å². The summed E-state index contributed by atoms with van der Waals surface area (Å²) in [4.78, 5) is 11.8. The highest BCUT2D eigenvalue weighted by Crippen LogP contribution is 2.24. The zero-order valence-corrected chi connectivity index (χ0v) is 13.4. The van der Waals surface area contributed by atoms with Gasteiger partial charge in [0.25, 0.3) is 0 Å². The molecule has 0 atom stereocenters. The Morgan fingerprint density at radius 3 is 2.48 bits per heavy atom. The molecule has 0 aliphatic carbocycles. The Labute approximate surface area is 125 Å². The van der Waals surface area contributed by atoms with Crippen LogP contribution in [0.4, 0.5) is 5.69 Å². The number of amides is 1. The summed E-state index contributed by atoms with van der Waals surface area (Å²) in [6.45, 7) is 3.87. The number of nitrogens with two attached hydrogens (primary N) is 1. The van der Waals surface area contributed by atoms with Gasteiger partial charge in [0.05, 0.1) is 17.7 Å². The molecule has 1 aromatic carbocycles. The number of ether oxygens (including phenoxy) is 1. The van der Waals surface area contributed by atoms with Crippen LogP contribution in [0, 0.1) is 0 Å². The molecule has 0 aliphatic heterocycles. The largest absolute Gasteiger partial charge is 0.497 e. The number of carbonyl (C=O) groups is 1. The van der Waals surface area contributed by atoms with Crippen LogP contribution < -0.4 is 15.8 Å². The molecular formula is C14H22N2O4S. The predicted molar refractivity (Wildman–Crippen MR) is 82.0 cm³/mol. The van der Waals surface area contributed by atoms with Crippen LogP contribution in [0.5, 0.6) is 5.75 Å². The Morgan fingerprint density at radius 2 is 1.95 bits per heavy atom. The Morgan fingerprint density at radius 1 is 1.33 bits per heavy atom. The van der Waals surface area contributed by atoms with Crippen molar-refractivity contribution >= 4 is 21.4 Å². The van der Waals surface area contributed by atoms with Gasteiger partial charge in [0, 0.05) is 12.1 Å². The fourth-order valence-electron chi connectivity index (χ4n) is 1.92. The number of rotatable bonds is 7. The summed E-state index contributed by atoms with van der Waals surface area (Å²) < 4.78 is 29.6. The molecule has 0 unspecified atom stereocenters. The monoisotopic (exact) mass is 314 g/mol. The van der Waals surface area contributed by atoms with Gasteiger partial charge in [0.1, 0.15) is 11.5 Å². The van der Waals surface area contributed by atoms with E-state index in [9.17, 15) is 13.2 Å². The number of carbonyl (C=O) groups excluding carboxylic acids is 1. The second-order valence-corrected chi connectivity index (χ2v) is 6.70. The van der Waals surface area contributed by atoms with E-state index >= 15 is 0 Å². The first-order valence-corrected chi connectivity index (χ1v) is 8.44. The first-order valence-electron chi connectivity index (χ1n) is 6.79. The van der Waals surface area contributed by atoms with Gasteiger partial charge in [-0.3, -0.25) is 4.79 Å². The van der Waals surface area contributed by atoms with Crippen LogP contribution in [-0.2, 0) is 14.6 Å². The van der Waals surface area contributed by atoms with Gasteiger partial charge in [-0.05, 0) is 25.0 Å². The minimum Gasteiger partial charge on any atom is -0.497 e. The SMILES string of the molecule is CCC(CC)NC(=O)CS(=O)(=O)c1cc(OC)ccc1N. The van der Waals surface area contributed by atoms with Gasteiger partial charge in [-0.2, -0.15) is 0 Å². The maximum atomic E-state index is 12.3. The lowest BCUT2D eigenvalue weighted by Crippen LogP contribution is -2.37. The van der Waals surface area contributed by atoms with E-state index in [-0.39, 0.29) is 16.6 Å². The number of nitrogens with one attached hydrogen (secondary N) is 1. The Kier molecular flexibility index (Phi) is 6.02. The van der Waals surface area contributed by atoms with Crippen molar-refractivity contribution in [1.29, 1.82) is 0 Å². The highest BCUT2D eigenvalue weighted by molar-refractivity contribution is 7.92. The molecule has 0 aromatic heterocycles. The molecule has 0 radical (unpaired) electrons. The second-order valence-electron chi connectivity index (χ2n) is 4.74. The van der Waals surface area contributed by atoms with E-state index in [2.05, 4.69) is 5.32 Å². The molecule has 0 spiro atoms. The van der Waals surface area contributed by atoms with Crippen LogP contribution >= 0.6 is 0 Å². The standard InChI is InChI=1S/C14H22N2O4S/c1-4-10(5-2)16-14(17)9-21(18,19)13-8-11(20-3)6-7-12(13)15/h6-8,10H,4-5,9,15H2,1-3H3,(H,16,17). The van der Waals surface area contributed by atoms with Crippen LogP contribution in [0.15, 0.2) is 23.1 Å². The normalized spacial score (nSPS) is 11.4. The molecule has 0 saturated carbocycles. The van der Waals surface area contributed by atoms with Crippen LogP contribution in [0.3, 0.4) is 0 Å². The molecule has 6 nitrogen and oxygen atoms in total. The minimum absolute atomic E-state index is 0.0182. The first-order chi connectivity index (χ1) is 9.83. The number of anilines is 1. The topological polar surface area (TPSA) is 98.5 Å². The number of benzene rings is 1. The molecular weight excluding hydrogens is 292 g/mol. The van der Waals surface area contributed by atoms with Crippen LogP contribution in [0.2, 0.25) is 0 Å². The maximum Gasteiger partial charge on any atom is 0.235 e. The average Bonchev–Trinajstić information content (AvgIpc) is 2.44. The third-order valence-electron chi connectivity index (χ3n) is 3.23. The zero-order chi connectivity index (χ0) is 16.0.